The van der Waals surface area contributed by atoms with E-state index in [-0.39, 0.29) is 11.8 Å². The number of piperazine rings is 1. The molecule has 154 valence electrons. The second-order valence-corrected chi connectivity index (χ2v) is 9.60. The van der Waals surface area contributed by atoms with Crippen LogP contribution in [0.2, 0.25) is 0 Å². The van der Waals surface area contributed by atoms with Crippen molar-refractivity contribution in [2.75, 3.05) is 57.7 Å². The van der Waals surface area contributed by atoms with Crippen molar-refractivity contribution in [1.82, 2.24) is 14.7 Å². The fourth-order valence-corrected chi connectivity index (χ4v) is 4.78. The zero-order valence-electron chi connectivity index (χ0n) is 16.9. The molecule has 0 saturated carbocycles. The van der Waals surface area contributed by atoms with Crippen LogP contribution in [-0.4, -0.2) is 78.9 Å². The van der Waals surface area contributed by atoms with Gasteiger partial charge in [0.1, 0.15) is 0 Å². The molecule has 2 aliphatic heterocycles. The minimum atomic E-state index is 0.0165. The summed E-state index contributed by atoms with van der Waals surface area (Å²) in [5, 5.41) is 2.96. The van der Waals surface area contributed by atoms with E-state index in [1.165, 1.54) is 6.42 Å². The van der Waals surface area contributed by atoms with E-state index in [0.29, 0.717) is 24.9 Å². The molecule has 6 nitrogen and oxygen atoms in total. The van der Waals surface area contributed by atoms with Gasteiger partial charge in [-0.1, -0.05) is 19.9 Å². The third-order valence-corrected chi connectivity index (χ3v) is 6.19. The Morgan fingerprint density at radius 1 is 1.04 bits per heavy atom. The number of carbonyl (C=O) groups excluding carboxylic acids is 2. The summed E-state index contributed by atoms with van der Waals surface area (Å²) in [5.41, 5.74) is 0.839. The minimum Gasteiger partial charge on any atom is -0.341 e. The van der Waals surface area contributed by atoms with Crippen LogP contribution < -0.4 is 5.32 Å². The second kappa shape index (κ2) is 10.0. The summed E-state index contributed by atoms with van der Waals surface area (Å²) in [5.74, 6) is 1.46. The van der Waals surface area contributed by atoms with Gasteiger partial charge in [0.15, 0.2) is 0 Å². The van der Waals surface area contributed by atoms with Crippen molar-refractivity contribution in [3.63, 3.8) is 0 Å². The number of likely N-dealkylation sites (tertiary alicyclic amines) is 1. The summed E-state index contributed by atoms with van der Waals surface area (Å²) in [7, 11) is 0. The molecule has 0 radical (unpaired) electrons. The van der Waals surface area contributed by atoms with E-state index >= 15 is 0 Å². The van der Waals surface area contributed by atoms with Crippen molar-refractivity contribution < 1.29 is 9.59 Å². The van der Waals surface area contributed by atoms with Gasteiger partial charge in [-0.05, 0) is 59.0 Å². The molecular formula is C21H31IN4O2. The highest BCUT2D eigenvalue weighted by molar-refractivity contribution is 14.1. The number of hydrogen-bond acceptors (Lipinski definition) is 4. The monoisotopic (exact) mass is 498 g/mol. The topological polar surface area (TPSA) is 55.9 Å². The number of benzene rings is 1. The molecule has 2 aliphatic rings. The van der Waals surface area contributed by atoms with Crippen LogP contribution in [0.4, 0.5) is 5.69 Å². The highest BCUT2D eigenvalue weighted by atomic mass is 127. The number of anilines is 1. The Kier molecular flexibility index (Phi) is 7.70. The lowest BCUT2D eigenvalue weighted by Gasteiger charge is -2.38. The predicted octanol–water partition coefficient (Wildman–Crippen LogP) is 2.35. The second-order valence-electron chi connectivity index (χ2n) is 8.36. The first-order chi connectivity index (χ1) is 13.4. The lowest BCUT2D eigenvalue weighted by Crippen LogP contribution is -2.52. The van der Waals surface area contributed by atoms with Gasteiger partial charge in [-0.2, -0.15) is 0 Å². The van der Waals surface area contributed by atoms with E-state index in [2.05, 4.69) is 51.6 Å². The number of piperidine rings is 1. The van der Waals surface area contributed by atoms with Gasteiger partial charge >= 0.3 is 0 Å². The van der Waals surface area contributed by atoms with Gasteiger partial charge in [0.25, 0.3) is 0 Å². The highest BCUT2D eigenvalue weighted by Crippen LogP contribution is 2.21. The number of rotatable bonds is 5. The van der Waals surface area contributed by atoms with Crippen LogP contribution in [0, 0.1) is 15.4 Å². The Morgan fingerprint density at radius 2 is 1.64 bits per heavy atom. The molecule has 1 aromatic carbocycles. The average Bonchev–Trinajstić information content (AvgIpc) is 2.62. The molecule has 1 aromatic rings. The zero-order chi connectivity index (χ0) is 20.1. The molecule has 0 bridgehead atoms. The van der Waals surface area contributed by atoms with Gasteiger partial charge in [-0.25, -0.2) is 0 Å². The Bertz CT molecular complexity index is 681. The third-order valence-electron chi connectivity index (χ3n) is 5.52. The maximum absolute atomic E-state index is 12.7. The maximum atomic E-state index is 12.7. The standard InChI is InChI=1S/C21H31IN4O2/c1-16-10-17(2)13-26(12-16)21(28)15-25-8-6-24(7-9-25)14-20(27)23-19-5-3-4-18(22)11-19/h3-5,11,16-17H,6-10,12-15H2,1-2H3,(H,23,27). The number of carbonyl (C=O) groups is 2. The van der Waals surface area contributed by atoms with E-state index in [1.807, 2.05) is 29.2 Å². The van der Waals surface area contributed by atoms with Crippen LogP contribution in [-0.2, 0) is 9.59 Å². The van der Waals surface area contributed by atoms with Crippen molar-refractivity contribution in [2.24, 2.45) is 11.8 Å². The van der Waals surface area contributed by atoms with Crippen LogP contribution in [0.1, 0.15) is 20.3 Å². The van der Waals surface area contributed by atoms with Crippen LogP contribution in [0.25, 0.3) is 0 Å². The number of nitrogens with one attached hydrogen (secondary N) is 1. The molecule has 2 heterocycles. The number of hydrogen-bond donors (Lipinski definition) is 1. The fourth-order valence-electron chi connectivity index (χ4n) is 4.23. The average molecular weight is 498 g/mol. The normalized spacial score (nSPS) is 24.2. The first kappa shape index (κ1) is 21.5. The Labute approximate surface area is 181 Å². The number of nitrogens with zero attached hydrogens (tertiary/aromatic N) is 3. The first-order valence-corrected chi connectivity index (χ1v) is 11.2. The van der Waals surface area contributed by atoms with Crippen LogP contribution in [0.15, 0.2) is 24.3 Å². The van der Waals surface area contributed by atoms with Crippen LogP contribution in [0.3, 0.4) is 0 Å². The Hall–Kier alpha value is -1.19. The van der Waals surface area contributed by atoms with E-state index in [0.717, 1.165) is 48.5 Å². The molecule has 2 saturated heterocycles. The quantitative estimate of drug-likeness (QED) is 0.634. The molecule has 2 fully saturated rings. The summed E-state index contributed by atoms with van der Waals surface area (Å²) in [6.45, 7) is 10.5. The smallest absolute Gasteiger partial charge is 0.238 e. The maximum Gasteiger partial charge on any atom is 0.238 e. The largest absolute Gasteiger partial charge is 0.341 e. The van der Waals surface area contributed by atoms with E-state index in [1.54, 1.807) is 0 Å². The lowest BCUT2D eigenvalue weighted by molar-refractivity contribution is -0.135. The summed E-state index contributed by atoms with van der Waals surface area (Å²) < 4.78 is 1.10. The summed E-state index contributed by atoms with van der Waals surface area (Å²) in [6.07, 6.45) is 1.21. The minimum absolute atomic E-state index is 0.0165. The van der Waals surface area contributed by atoms with Crippen molar-refractivity contribution >= 4 is 40.1 Å². The summed E-state index contributed by atoms with van der Waals surface area (Å²) in [4.78, 5) is 31.4. The molecule has 2 unspecified atom stereocenters. The predicted molar refractivity (Wildman–Crippen MR) is 120 cm³/mol. The van der Waals surface area contributed by atoms with Crippen molar-refractivity contribution in [2.45, 2.75) is 20.3 Å². The lowest BCUT2D eigenvalue weighted by atomic mass is 9.92. The van der Waals surface area contributed by atoms with Gasteiger partial charge in [0.2, 0.25) is 11.8 Å². The van der Waals surface area contributed by atoms with E-state index < -0.39 is 0 Å². The molecular weight excluding hydrogens is 467 g/mol. The zero-order valence-corrected chi connectivity index (χ0v) is 19.0. The summed E-state index contributed by atoms with van der Waals surface area (Å²) >= 11 is 2.24. The van der Waals surface area contributed by atoms with Crippen LogP contribution >= 0.6 is 22.6 Å². The molecule has 28 heavy (non-hydrogen) atoms. The SMILES string of the molecule is CC1CC(C)CN(C(=O)CN2CCN(CC(=O)Nc3cccc(I)c3)CC2)C1. The third kappa shape index (κ3) is 6.42. The van der Waals surface area contributed by atoms with Gasteiger partial charge < -0.3 is 10.2 Å². The molecule has 0 aliphatic carbocycles. The molecule has 2 amide bonds. The number of amides is 2. The van der Waals surface area contributed by atoms with Crippen molar-refractivity contribution in [1.29, 1.82) is 0 Å². The fraction of sp³-hybridized carbons (Fsp3) is 0.619. The molecule has 0 spiro atoms. The summed E-state index contributed by atoms with van der Waals surface area (Å²) in [6, 6.07) is 7.81. The van der Waals surface area contributed by atoms with Crippen molar-refractivity contribution in [3.05, 3.63) is 27.8 Å². The molecule has 7 heteroatoms. The molecule has 3 rings (SSSR count). The van der Waals surface area contributed by atoms with Gasteiger partial charge in [0.05, 0.1) is 13.1 Å². The van der Waals surface area contributed by atoms with E-state index in [9.17, 15) is 9.59 Å². The van der Waals surface area contributed by atoms with Gasteiger partial charge in [0, 0.05) is 48.5 Å². The van der Waals surface area contributed by atoms with Crippen molar-refractivity contribution in [3.8, 4) is 0 Å². The van der Waals surface area contributed by atoms with Crippen LogP contribution in [0.5, 0.6) is 0 Å². The number of halogens is 1. The Balaban J connectivity index is 1.39. The molecule has 0 aromatic heterocycles. The first-order valence-electron chi connectivity index (χ1n) is 10.2. The Morgan fingerprint density at radius 3 is 2.25 bits per heavy atom. The van der Waals surface area contributed by atoms with E-state index in [4.69, 9.17) is 0 Å². The molecule has 1 N–H and O–H groups in total. The van der Waals surface area contributed by atoms with Gasteiger partial charge in [-0.3, -0.25) is 19.4 Å². The highest BCUT2D eigenvalue weighted by Gasteiger charge is 2.27. The molecule has 2 atom stereocenters. The van der Waals surface area contributed by atoms with Gasteiger partial charge in [-0.15, -0.1) is 0 Å².